The number of carbonyl (C=O) groups is 1. The summed E-state index contributed by atoms with van der Waals surface area (Å²) in [6.07, 6.45) is 6.16. The number of amides is 1. The fourth-order valence-corrected chi connectivity index (χ4v) is 5.68. The summed E-state index contributed by atoms with van der Waals surface area (Å²) in [5, 5.41) is 12.3. The third-order valence-electron chi connectivity index (χ3n) is 6.61. The van der Waals surface area contributed by atoms with Gasteiger partial charge in [-0.3, -0.25) is 4.79 Å². The molecule has 0 unspecified atom stereocenters. The lowest BCUT2D eigenvalue weighted by Crippen LogP contribution is -2.41. The number of fused-ring (bicyclic) bond motifs is 1. The van der Waals surface area contributed by atoms with Crippen molar-refractivity contribution in [3.05, 3.63) is 30.3 Å². The Labute approximate surface area is 219 Å². The summed E-state index contributed by atoms with van der Waals surface area (Å²) in [7, 11) is 1.91. The van der Waals surface area contributed by atoms with E-state index in [1.807, 2.05) is 34.7 Å². The number of rotatable bonds is 10. The highest BCUT2D eigenvalue weighted by Crippen LogP contribution is 2.34. The van der Waals surface area contributed by atoms with Gasteiger partial charge < -0.3 is 20.4 Å². The first kappa shape index (κ1) is 26.4. The molecular formula is C27H41N7OS. The molecule has 1 saturated heterocycles. The van der Waals surface area contributed by atoms with Crippen LogP contribution in [0.15, 0.2) is 30.3 Å². The molecule has 1 atom stereocenters. The highest BCUT2D eigenvalue weighted by atomic mass is 32.1. The smallest absolute Gasteiger partial charge is 0.239 e. The number of nitrogens with zero attached hydrogens (tertiary/aromatic N) is 5. The van der Waals surface area contributed by atoms with Crippen LogP contribution in [-0.4, -0.2) is 70.2 Å². The van der Waals surface area contributed by atoms with Gasteiger partial charge in [0.2, 0.25) is 16.0 Å². The minimum absolute atomic E-state index is 0.0223. The fourth-order valence-electron chi connectivity index (χ4n) is 4.82. The van der Waals surface area contributed by atoms with E-state index in [1.165, 1.54) is 43.6 Å². The molecule has 0 saturated carbocycles. The molecule has 0 aliphatic carbocycles. The van der Waals surface area contributed by atoms with E-state index in [-0.39, 0.29) is 18.0 Å². The fraction of sp³-hybridized carbons (Fsp3) is 0.593. The Morgan fingerprint density at radius 2 is 2.00 bits per heavy atom. The van der Waals surface area contributed by atoms with Crippen molar-refractivity contribution >= 4 is 33.2 Å². The molecule has 2 aromatic heterocycles. The molecule has 0 bridgehead atoms. The first-order valence-electron chi connectivity index (χ1n) is 13.2. The summed E-state index contributed by atoms with van der Waals surface area (Å²) in [6, 6.07) is 10.9. The number of aromatic nitrogens is 3. The Morgan fingerprint density at radius 1 is 1.22 bits per heavy atom. The van der Waals surface area contributed by atoms with Crippen LogP contribution in [0, 0.1) is 0 Å². The van der Waals surface area contributed by atoms with Gasteiger partial charge in [0.05, 0.1) is 6.54 Å². The molecule has 3 aromatic rings. The van der Waals surface area contributed by atoms with Crippen LogP contribution >= 0.6 is 11.3 Å². The highest BCUT2D eigenvalue weighted by molar-refractivity contribution is 7.20. The van der Waals surface area contributed by atoms with Gasteiger partial charge >= 0.3 is 0 Å². The van der Waals surface area contributed by atoms with Gasteiger partial charge in [-0.25, -0.2) is 4.98 Å². The number of imidazole rings is 1. The first-order valence-corrected chi connectivity index (χ1v) is 14.0. The first-order chi connectivity index (χ1) is 17.2. The van der Waals surface area contributed by atoms with Gasteiger partial charge in [0.25, 0.3) is 0 Å². The van der Waals surface area contributed by atoms with Gasteiger partial charge in [-0.2, -0.15) is 4.52 Å². The van der Waals surface area contributed by atoms with Gasteiger partial charge in [-0.05, 0) is 53.0 Å². The lowest BCUT2D eigenvalue weighted by atomic mass is 10.00. The third-order valence-corrected chi connectivity index (χ3v) is 7.63. The van der Waals surface area contributed by atoms with E-state index in [9.17, 15) is 4.79 Å². The number of benzene rings is 1. The summed E-state index contributed by atoms with van der Waals surface area (Å²) < 4.78 is 1.87. The molecule has 9 heteroatoms. The summed E-state index contributed by atoms with van der Waals surface area (Å²) in [4.78, 5) is 22.8. The molecule has 196 valence electrons. The van der Waals surface area contributed by atoms with Crippen molar-refractivity contribution < 1.29 is 4.79 Å². The van der Waals surface area contributed by atoms with Crippen molar-refractivity contribution in [2.75, 3.05) is 43.4 Å². The van der Waals surface area contributed by atoms with Crippen LogP contribution in [-0.2, 0) is 4.79 Å². The minimum atomic E-state index is -0.152. The normalized spacial score (nSPS) is 16.9. The maximum absolute atomic E-state index is 12.6. The van der Waals surface area contributed by atoms with Crippen molar-refractivity contribution in [3.8, 4) is 11.3 Å². The molecule has 1 amide bonds. The second-order valence-electron chi connectivity index (χ2n) is 10.8. The molecule has 36 heavy (non-hydrogen) atoms. The molecule has 4 rings (SSSR count). The molecule has 1 aliphatic heterocycles. The summed E-state index contributed by atoms with van der Waals surface area (Å²) in [5.74, 6) is 0.890. The van der Waals surface area contributed by atoms with Crippen LogP contribution in [0.1, 0.15) is 59.8 Å². The van der Waals surface area contributed by atoms with E-state index in [1.54, 1.807) is 0 Å². The molecule has 0 radical (unpaired) electrons. The predicted octanol–water partition coefficient (Wildman–Crippen LogP) is 4.88. The Morgan fingerprint density at radius 3 is 2.72 bits per heavy atom. The molecule has 1 aromatic carbocycles. The van der Waals surface area contributed by atoms with Crippen molar-refractivity contribution in [2.24, 2.45) is 0 Å². The van der Waals surface area contributed by atoms with Crippen LogP contribution in [0.3, 0.4) is 0 Å². The number of hydrogen-bond donors (Lipinski definition) is 2. The van der Waals surface area contributed by atoms with E-state index in [0.717, 1.165) is 40.1 Å². The van der Waals surface area contributed by atoms with Gasteiger partial charge in [0.15, 0.2) is 5.82 Å². The number of likely N-dealkylation sites (tertiary alicyclic amines) is 1. The predicted molar refractivity (Wildman–Crippen MR) is 150 cm³/mol. The number of nitrogens with one attached hydrogen (secondary N) is 2. The number of piperidine rings is 1. The average Bonchev–Trinajstić information content (AvgIpc) is 3.41. The number of anilines is 2. The van der Waals surface area contributed by atoms with Crippen molar-refractivity contribution in [3.63, 3.8) is 0 Å². The minimum Gasteiger partial charge on any atom is -0.364 e. The lowest BCUT2D eigenvalue weighted by Gasteiger charge is -2.35. The molecule has 3 heterocycles. The van der Waals surface area contributed by atoms with Crippen LogP contribution in [0.2, 0.25) is 0 Å². The van der Waals surface area contributed by atoms with Crippen molar-refractivity contribution in [2.45, 2.75) is 71.4 Å². The average molecular weight is 512 g/mol. The summed E-state index contributed by atoms with van der Waals surface area (Å²) in [5.41, 5.74) is 1.78. The summed E-state index contributed by atoms with van der Waals surface area (Å²) in [6.45, 7) is 11.9. The second kappa shape index (κ2) is 11.6. The van der Waals surface area contributed by atoms with Crippen molar-refractivity contribution in [1.29, 1.82) is 0 Å². The van der Waals surface area contributed by atoms with Crippen LogP contribution < -0.4 is 15.5 Å². The van der Waals surface area contributed by atoms with E-state index < -0.39 is 0 Å². The monoisotopic (exact) mass is 511 g/mol. The van der Waals surface area contributed by atoms with Crippen LogP contribution in [0.4, 0.5) is 10.9 Å². The third kappa shape index (κ3) is 6.56. The van der Waals surface area contributed by atoms with Gasteiger partial charge in [0, 0.05) is 37.3 Å². The number of hydrogen-bond acceptors (Lipinski definition) is 7. The van der Waals surface area contributed by atoms with Crippen molar-refractivity contribution in [1.82, 2.24) is 24.8 Å². The zero-order chi connectivity index (χ0) is 25.7. The maximum Gasteiger partial charge on any atom is 0.239 e. The van der Waals surface area contributed by atoms with Gasteiger partial charge in [0.1, 0.15) is 5.69 Å². The Bertz CT molecular complexity index is 1130. The zero-order valence-electron chi connectivity index (χ0n) is 22.4. The molecular weight excluding hydrogens is 470 g/mol. The Balaban J connectivity index is 1.37. The van der Waals surface area contributed by atoms with Crippen LogP contribution in [0.5, 0.6) is 0 Å². The van der Waals surface area contributed by atoms with Gasteiger partial charge in [-0.1, -0.05) is 55.0 Å². The molecule has 1 fully saturated rings. The SMILES string of the molecule is CC[C@H]1CCCCN1CCCNC(=O)CN(C)c1nn2c(NC(C)(C)C)c(-c3ccccc3)nc2s1. The topological polar surface area (TPSA) is 77.8 Å². The molecule has 1 aliphatic rings. The van der Waals surface area contributed by atoms with E-state index >= 15 is 0 Å². The van der Waals surface area contributed by atoms with E-state index in [0.29, 0.717) is 12.6 Å². The number of likely N-dealkylation sites (N-methyl/N-ethyl adjacent to an activating group) is 1. The number of carbonyl (C=O) groups excluding carboxylic acids is 1. The molecule has 2 N–H and O–H groups in total. The van der Waals surface area contributed by atoms with E-state index in [2.05, 4.69) is 55.4 Å². The Kier molecular flexibility index (Phi) is 8.51. The molecule has 0 spiro atoms. The largest absolute Gasteiger partial charge is 0.364 e. The highest BCUT2D eigenvalue weighted by Gasteiger charge is 2.23. The Hall–Kier alpha value is -2.65. The van der Waals surface area contributed by atoms with Crippen LogP contribution in [0.25, 0.3) is 16.2 Å². The summed E-state index contributed by atoms with van der Waals surface area (Å²) >= 11 is 1.49. The molecule has 8 nitrogen and oxygen atoms in total. The standard InChI is InChI=1S/C27H41N7OS/c1-6-21-15-10-11-17-33(21)18-12-16-28-22(35)19-32(5)26-31-34-24(30-27(2,3)4)23(29-25(34)36-26)20-13-8-7-9-14-20/h7-9,13-14,21,30H,6,10-12,15-19H2,1-5H3,(H,28,35)/t21-/m0/s1. The van der Waals surface area contributed by atoms with Gasteiger partial charge in [-0.15, -0.1) is 5.10 Å². The van der Waals surface area contributed by atoms with E-state index in [4.69, 9.17) is 10.1 Å². The zero-order valence-corrected chi connectivity index (χ0v) is 23.2. The quantitative estimate of drug-likeness (QED) is 0.378. The lowest BCUT2D eigenvalue weighted by molar-refractivity contribution is -0.119. The second-order valence-corrected chi connectivity index (χ2v) is 11.7. The maximum atomic E-state index is 12.6.